The van der Waals surface area contributed by atoms with E-state index in [2.05, 4.69) is 20.4 Å². The Morgan fingerprint density at radius 2 is 2.32 bits per heavy atom. The van der Waals surface area contributed by atoms with E-state index < -0.39 is 0 Å². The molecule has 3 rings (SSSR count). The summed E-state index contributed by atoms with van der Waals surface area (Å²) in [5, 5.41) is 7.32. The Morgan fingerprint density at radius 3 is 3.11 bits per heavy atom. The van der Waals surface area contributed by atoms with Crippen molar-refractivity contribution in [3.8, 4) is 0 Å². The second-order valence-corrected chi connectivity index (χ2v) is 4.16. The van der Waals surface area contributed by atoms with Crippen molar-refractivity contribution in [1.29, 1.82) is 0 Å². The minimum absolute atomic E-state index is 0.166. The highest BCUT2D eigenvalue weighted by molar-refractivity contribution is 6.06. The number of rotatable bonds is 3. The van der Waals surface area contributed by atoms with Gasteiger partial charge in [0, 0.05) is 22.7 Å². The summed E-state index contributed by atoms with van der Waals surface area (Å²) in [4.78, 5) is 19.2. The van der Waals surface area contributed by atoms with Gasteiger partial charge in [-0.25, -0.2) is 0 Å². The molecule has 2 heterocycles. The maximum atomic E-state index is 12.1. The molecule has 0 aliphatic rings. The van der Waals surface area contributed by atoms with Crippen LogP contribution in [0.4, 0.5) is 0 Å². The van der Waals surface area contributed by atoms with Crippen LogP contribution in [0, 0.1) is 6.92 Å². The highest BCUT2D eigenvalue weighted by Crippen LogP contribution is 2.17. The fraction of sp³-hybridized carbons (Fsp3) is 0.154. The third kappa shape index (κ3) is 2.20. The molecule has 1 aromatic carbocycles. The van der Waals surface area contributed by atoms with E-state index in [0.29, 0.717) is 17.3 Å². The first-order chi connectivity index (χ1) is 9.24. The van der Waals surface area contributed by atoms with Crippen molar-refractivity contribution in [2.75, 3.05) is 0 Å². The van der Waals surface area contributed by atoms with Crippen LogP contribution in [0.3, 0.4) is 0 Å². The lowest BCUT2D eigenvalue weighted by molar-refractivity contribution is 0.0948. The highest BCUT2D eigenvalue weighted by atomic mass is 16.5. The lowest BCUT2D eigenvalue weighted by atomic mass is 10.1. The topological polar surface area (TPSA) is 83.8 Å². The molecule has 0 aliphatic heterocycles. The molecule has 6 heteroatoms. The number of aromatic nitrogens is 3. The van der Waals surface area contributed by atoms with Gasteiger partial charge in [-0.3, -0.25) is 4.79 Å². The highest BCUT2D eigenvalue weighted by Gasteiger charge is 2.11. The molecule has 0 unspecified atom stereocenters. The second kappa shape index (κ2) is 4.56. The molecule has 96 valence electrons. The zero-order chi connectivity index (χ0) is 13.2. The Balaban J connectivity index is 1.78. The molecule has 3 aromatic rings. The van der Waals surface area contributed by atoms with Crippen LogP contribution in [0.25, 0.3) is 10.9 Å². The predicted molar refractivity (Wildman–Crippen MR) is 68.5 cm³/mol. The van der Waals surface area contributed by atoms with Crippen molar-refractivity contribution in [1.82, 2.24) is 20.4 Å². The lowest BCUT2D eigenvalue weighted by Gasteiger charge is -2.03. The van der Waals surface area contributed by atoms with Crippen LogP contribution in [-0.4, -0.2) is 21.0 Å². The molecule has 0 bridgehead atoms. The van der Waals surface area contributed by atoms with Gasteiger partial charge in [-0.15, -0.1) is 0 Å². The summed E-state index contributed by atoms with van der Waals surface area (Å²) in [6.07, 6.45) is 1.81. The van der Waals surface area contributed by atoms with Gasteiger partial charge >= 0.3 is 0 Å². The van der Waals surface area contributed by atoms with Gasteiger partial charge in [0.05, 0.1) is 6.54 Å². The molecule has 0 spiro atoms. The number of H-pyrrole nitrogens is 1. The van der Waals surface area contributed by atoms with Gasteiger partial charge in [0.2, 0.25) is 5.89 Å². The zero-order valence-electron chi connectivity index (χ0n) is 10.3. The number of aryl methyl sites for hydroxylation is 1. The molecule has 0 saturated heterocycles. The third-order valence-electron chi connectivity index (χ3n) is 2.81. The van der Waals surface area contributed by atoms with Crippen molar-refractivity contribution in [2.24, 2.45) is 0 Å². The van der Waals surface area contributed by atoms with Crippen LogP contribution in [0.2, 0.25) is 0 Å². The fourth-order valence-electron chi connectivity index (χ4n) is 1.95. The molecule has 0 saturated carbocycles. The van der Waals surface area contributed by atoms with Crippen LogP contribution in [0.15, 0.2) is 35.0 Å². The summed E-state index contributed by atoms with van der Waals surface area (Å²) >= 11 is 0. The third-order valence-corrected chi connectivity index (χ3v) is 2.81. The van der Waals surface area contributed by atoms with E-state index in [4.69, 9.17) is 4.52 Å². The molecular weight excluding hydrogens is 244 g/mol. The summed E-state index contributed by atoms with van der Waals surface area (Å²) in [7, 11) is 0. The number of aromatic amines is 1. The van der Waals surface area contributed by atoms with Gasteiger partial charge in [0.25, 0.3) is 5.91 Å². The zero-order valence-corrected chi connectivity index (χ0v) is 10.3. The Labute approximate surface area is 108 Å². The Kier molecular flexibility index (Phi) is 2.75. The van der Waals surface area contributed by atoms with Gasteiger partial charge in [0.15, 0.2) is 5.82 Å². The van der Waals surface area contributed by atoms with Crippen LogP contribution < -0.4 is 5.32 Å². The molecule has 0 radical (unpaired) electrons. The first-order valence-corrected chi connectivity index (χ1v) is 5.87. The standard InChI is InChI=1S/C13H12N4O2/c1-8-16-12(19-17-8)7-15-13(18)10-3-2-4-11-9(10)5-6-14-11/h2-6,14H,7H2,1H3,(H,15,18). The van der Waals surface area contributed by atoms with E-state index in [1.807, 2.05) is 24.4 Å². The number of nitrogens with one attached hydrogen (secondary N) is 2. The monoisotopic (exact) mass is 256 g/mol. The molecule has 0 fully saturated rings. The summed E-state index contributed by atoms with van der Waals surface area (Å²) in [6.45, 7) is 1.95. The van der Waals surface area contributed by atoms with Gasteiger partial charge in [-0.05, 0) is 25.1 Å². The number of fused-ring (bicyclic) bond motifs is 1. The van der Waals surface area contributed by atoms with Crippen molar-refractivity contribution in [3.63, 3.8) is 0 Å². The fourth-order valence-corrected chi connectivity index (χ4v) is 1.95. The van der Waals surface area contributed by atoms with Gasteiger partial charge in [0.1, 0.15) is 0 Å². The second-order valence-electron chi connectivity index (χ2n) is 4.16. The molecule has 2 aromatic heterocycles. The van der Waals surface area contributed by atoms with E-state index in [1.54, 1.807) is 13.0 Å². The van der Waals surface area contributed by atoms with Crippen LogP contribution >= 0.6 is 0 Å². The maximum Gasteiger partial charge on any atom is 0.252 e. The summed E-state index contributed by atoms with van der Waals surface area (Å²) < 4.78 is 4.94. The minimum Gasteiger partial charge on any atom is -0.361 e. The number of carbonyl (C=O) groups is 1. The quantitative estimate of drug-likeness (QED) is 0.748. The molecule has 0 atom stereocenters. The van der Waals surface area contributed by atoms with Crippen LogP contribution in [0.5, 0.6) is 0 Å². The average Bonchev–Trinajstić information content (AvgIpc) is 3.03. The molecular formula is C13H12N4O2. The minimum atomic E-state index is -0.166. The first-order valence-electron chi connectivity index (χ1n) is 5.87. The molecule has 6 nitrogen and oxygen atoms in total. The lowest BCUT2D eigenvalue weighted by Crippen LogP contribution is -2.23. The SMILES string of the molecule is Cc1noc(CNC(=O)c2cccc3[nH]ccc23)n1. The van der Waals surface area contributed by atoms with Gasteiger partial charge in [-0.2, -0.15) is 4.98 Å². The number of amides is 1. The largest absolute Gasteiger partial charge is 0.361 e. The van der Waals surface area contributed by atoms with E-state index in [0.717, 1.165) is 10.9 Å². The summed E-state index contributed by atoms with van der Waals surface area (Å²) in [6, 6.07) is 7.42. The van der Waals surface area contributed by atoms with Gasteiger partial charge in [-0.1, -0.05) is 11.2 Å². The van der Waals surface area contributed by atoms with E-state index in [1.165, 1.54) is 0 Å². The van der Waals surface area contributed by atoms with Crippen LogP contribution in [-0.2, 0) is 6.54 Å². The first kappa shape index (κ1) is 11.5. The summed E-state index contributed by atoms with van der Waals surface area (Å²) in [5.74, 6) is 0.783. The Bertz CT molecular complexity index is 729. The number of benzene rings is 1. The van der Waals surface area contributed by atoms with Crippen molar-refractivity contribution in [2.45, 2.75) is 13.5 Å². The molecule has 19 heavy (non-hydrogen) atoms. The smallest absolute Gasteiger partial charge is 0.252 e. The molecule has 2 N–H and O–H groups in total. The van der Waals surface area contributed by atoms with Gasteiger partial charge < -0.3 is 14.8 Å². The average molecular weight is 256 g/mol. The van der Waals surface area contributed by atoms with Crippen molar-refractivity contribution >= 4 is 16.8 Å². The predicted octanol–water partition coefficient (Wildman–Crippen LogP) is 1.79. The van der Waals surface area contributed by atoms with Crippen molar-refractivity contribution in [3.05, 3.63) is 47.7 Å². The number of nitrogens with zero attached hydrogens (tertiary/aromatic N) is 2. The molecule has 0 aliphatic carbocycles. The van der Waals surface area contributed by atoms with Crippen molar-refractivity contribution < 1.29 is 9.32 Å². The Morgan fingerprint density at radius 1 is 1.42 bits per heavy atom. The van der Waals surface area contributed by atoms with E-state index >= 15 is 0 Å². The number of hydrogen-bond donors (Lipinski definition) is 2. The van der Waals surface area contributed by atoms with E-state index in [-0.39, 0.29) is 12.5 Å². The van der Waals surface area contributed by atoms with Crippen LogP contribution in [0.1, 0.15) is 22.1 Å². The maximum absolute atomic E-state index is 12.1. The van der Waals surface area contributed by atoms with E-state index in [9.17, 15) is 4.79 Å². The normalized spacial score (nSPS) is 10.8. The Hall–Kier alpha value is -2.63. The number of hydrogen-bond acceptors (Lipinski definition) is 4. The molecule has 1 amide bonds. The summed E-state index contributed by atoms with van der Waals surface area (Å²) in [5.41, 5.74) is 1.55. The number of carbonyl (C=O) groups excluding carboxylic acids is 1.